The van der Waals surface area contributed by atoms with Crippen LogP contribution in [0.4, 0.5) is 34.1 Å². The maximum atomic E-state index is 2.48. The zero-order valence-corrected chi connectivity index (χ0v) is 68.4. The van der Waals surface area contributed by atoms with Crippen LogP contribution in [-0.4, -0.2) is 13.7 Å². The number of nitrogens with zero attached hydrogens (tertiary/aromatic N) is 5. The van der Waals surface area contributed by atoms with Gasteiger partial charge < -0.3 is 23.5 Å². The van der Waals surface area contributed by atoms with Gasteiger partial charge in [0, 0.05) is 120 Å². The van der Waals surface area contributed by atoms with Gasteiger partial charge in [0.2, 0.25) is 0 Å². The minimum absolute atomic E-state index is 0.0277. The second kappa shape index (κ2) is 28.2. The molecule has 0 saturated heterocycles. The van der Waals surface area contributed by atoms with E-state index < -0.39 is 0 Å². The fourth-order valence-corrected chi connectivity index (χ4v) is 21.3. The van der Waals surface area contributed by atoms with E-state index in [9.17, 15) is 0 Å². The molecule has 24 aromatic rings. The van der Waals surface area contributed by atoms with E-state index in [1.807, 2.05) is 11.3 Å². The number of rotatable bonds is 11. The summed E-state index contributed by atoms with van der Waals surface area (Å²) in [4.78, 5) is 4.81. The number of hydrogen-bond donors (Lipinski definition) is 0. The Kier molecular flexibility index (Phi) is 16.4. The van der Waals surface area contributed by atoms with Crippen molar-refractivity contribution in [1.29, 1.82) is 0 Å². The molecule has 20 aromatic carbocycles. The molecule has 4 aromatic heterocycles. The second-order valence-corrected chi connectivity index (χ2v) is 34.2. The van der Waals surface area contributed by atoms with Gasteiger partial charge >= 0.3 is 0 Å². The molecule has 0 saturated carbocycles. The van der Waals surface area contributed by atoms with Gasteiger partial charge in [-0.15, -0.1) is 11.3 Å². The summed E-state index contributed by atoms with van der Waals surface area (Å²) in [7, 11) is 0. The zero-order valence-electron chi connectivity index (χ0n) is 67.6. The van der Waals surface area contributed by atoms with Crippen molar-refractivity contribution in [2.75, 3.05) is 9.80 Å². The summed E-state index contributed by atoms with van der Waals surface area (Å²) < 4.78 is 9.92. The predicted octanol–water partition coefficient (Wildman–Crippen LogP) is 32.5. The van der Waals surface area contributed by atoms with Crippen LogP contribution in [0.1, 0.15) is 30.5 Å². The van der Waals surface area contributed by atoms with Gasteiger partial charge in [0.1, 0.15) is 0 Å². The Hall–Kier alpha value is -15.3. The molecule has 0 bridgehead atoms. The van der Waals surface area contributed by atoms with E-state index in [2.05, 4.69) is 469 Å². The van der Waals surface area contributed by atoms with Gasteiger partial charge in [-0.3, -0.25) is 0 Å². The summed E-state index contributed by atoms with van der Waals surface area (Å²) in [5.41, 5.74) is 28.8. The molecule has 0 spiro atoms. The molecule has 4 heterocycles. The highest BCUT2D eigenvalue weighted by Gasteiger charge is 2.36. The quantitative estimate of drug-likeness (QED) is 0.120. The van der Waals surface area contributed by atoms with E-state index in [0.29, 0.717) is 0 Å². The number of hydrogen-bond acceptors (Lipinski definition) is 3. The molecule has 0 fully saturated rings. The molecule has 0 N–H and O–H groups in total. The number of fused-ring (bicyclic) bond motifs is 24. The molecule has 1 aliphatic carbocycles. The lowest BCUT2D eigenvalue weighted by atomic mass is 9.82. The fraction of sp³-hybridized carbons (Fsp3) is 0.0345. The third kappa shape index (κ3) is 11.3. The molecular weight excluding hydrogens is 1500 g/mol. The van der Waals surface area contributed by atoms with Gasteiger partial charge in [0.25, 0.3) is 0 Å². The third-order valence-electron chi connectivity index (χ3n) is 25.9. The first kappa shape index (κ1) is 70.8. The first-order valence-electron chi connectivity index (χ1n) is 42.2. The Labute approximate surface area is 710 Å². The molecule has 25 rings (SSSR count). The minimum Gasteiger partial charge on any atom is -0.310 e. The monoisotopic (exact) mass is 1570 g/mol. The van der Waals surface area contributed by atoms with Crippen LogP contribution in [0.15, 0.2) is 425 Å². The average molecular weight is 1580 g/mol. The summed E-state index contributed by atoms with van der Waals surface area (Å²) >= 11 is 1.86. The van der Waals surface area contributed by atoms with Gasteiger partial charge in [-0.25, -0.2) is 0 Å². The molecule has 122 heavy (non-hydrogen) atoms. The molecule has 0 aliphatic heterocycles. The maximum Gasteiger partial charge on any atom is 0.0625 e. The number of aromatic nitrogens is 3. The molecule has 6 heteroatoms. The van der Waals surface area contributed by atoms with E-state index >= 15 is 0 Å². The number of benzene rings is 20. The van der Waals surface area contributed by atoms with Crippen molar-refractivity contribution in [1.82, 2.24) is 13.7 Å². The summed E-state index contributed by atoms with van der Waals surface area (Å²) in [5.74, 6) is 0. The number of anilines is 6. The Balaban J connectivity index is 0.000000140. The zero-order chi connectivity index (χ0) is 80.8. The van der Waals surface area contributed by atoms with Gasteiger partial charge in [-0.1, -0.05) is 311 Å². The van der Waals surface area contributed by atoms with Crippen LogP contribution in [0.2, 0.25) is 0 Å². The van der Waals surface area contributed by atoms with Crippen LogP contribution in [0.3, 0.4) is 0 Å². The van der Waals surface area contributed by atoms with E-state index in [0.717, 1.165) is 56.7 Å². The summed E-state index contributed by atoms with van der Waals surface area (Å²) in [6.07, 6.45) is 0. The molecule has 0 radical (unpaired) electrons. The van der Waals surface area contributed by atoms with Crippen molar-refractivity contribution in [3.8, 4) is 50.4 Å². The minimum atomic E-state index is -0.0277. The first-order chi connectivity index (χ1) is 60.2. The standard InChI is InChI=1S/C62H39N3S.C54H40N2/c1-2-16-44(17-3-1)64-56-23-10-8-21-51(56)52-34-31-47(38-58(52)64)63(48-32-35-54-53-22-9-11-24-59(53)66-60(54)39-48)45-29-25-40(26-30-45)43-15-12-18-46(37-43)65-57-36-28-41-13-4-6-19-49(41)61(57)55-33-27-42-14-5-7-20-50(42)62(55)65;1-35-20-26-38(27-21-35)55(41-32-33-50-48(34-41)44-14-8-10-18-49(44)54(50,2)3)39-28-22-36(23-29-39)37-24-30-40(31-25-37)56-51-19-11-9-17-47(51)52-45-15-6-4-12-42(45)43-13-5-7-16-46(43)53(52)56/h1-39H;4-34H,1-3H3. The van der Waals surface area contributed by atoms with Gasteiger partial charge in [-0.05, 0) is 217 Å². The van der Waals surface area contributed by atoms with Crippen LogP contribution in [0, 0.1) is 6.92 Å². The van der Waals surface area contributed by atoms with Crippen molar-refractivity contribution in [2.24, 2.45) is 0 Å². The van der Waals surface area contributed by atoms with Crippen molar-refractivity contribution in [3.05, 3.63) is 441 Å². The molecular formula is C116H79N5S. The fourth-order valence-electron chi connectivity index (χ4n) is 20.2. The molecule has 574 valence electrons. The van der Waals surface area contributed by atoms with E-state index in [1.165, 1.54) is 173 Å². The van der Waals surface area contributed by atoms with E-state index in [-0.39, 0.29) is 5.41 Å². The van der Waals surface area contributed by atoms with Crippen LogP contribution in [0.5, 0.6) is 0 Å². The third-order valence-corrected chi connectivity index (χ3v) is 27.0. The lowest BCUT2D eigenvalue weighted by Crippen LogP contribution is -2.15. The maximum absolute atomic E-state index is 2.48. The topological polar surface area (TPSA) is 21.3 Å². The second-order valence-electron chi connectivity index (χ2n) is 33.1. The Morgan fingerprint density at radius 3 is 1.43 bits per heavy atom. The van der Waals surface area contributed by atoms with Crippen LogP contribution in [-0.2, 0) is 5.41 Å². The van der Waals surface area contributed by atoms with Crippen molar-refractivity contribution < 1.29 is 0 Å². The molecule has 1 aliphatic rings. The highest BCUT2D eigenvalue weighted by Crippen LogP contribution is 2.53. The normalized spacial score (nSPS) is 12.5. The van der Waals surface area contributed by atoms with Gasteiger partial charge in [0.05, 0.1) is 33.1 Å². The summed E-state index contributed by atoms with van der Waals surface area (Å²) in [6.45, 7) is 6.83. The Morgan fingerprint density at radius 2 is 0.697 bits per heavy atom. The van der Waals surface area contributed by atoms with Gasteiger partial charge in [0.15, 0.2) is 0 Å². The van der Waals surface area contributed by atoms with Crippen molar-refractivity contribution in [2.45, 2.75) is 26.2 Å². The largest absolute Gasteiger partial charge is 0.310 e. The van der Waals surface area contributed by atoms with Crippen LogP contribution in [0.25, 0.3) is 179 Å². The van der Waals surface area contributed by atoms with Crippen LogP contribution < -0.4 is 9.80 Å². The highest BCUT2D eigenvalue weighted by molar-refractivity contribution is 7.25. The lowest BCUT2D eigenvalue weighted by Gasteiger charge is -2.27. The average Bonchev–Trinajstić information content (AvgIpc) is 1.52. The number of thiophene rings is 1. The lowest BCUT2D eigenvalue weighted by molar-refractivity contribution is 0.660. The Morgan fingerprint density at radius 1 is 0.230 bits per heavy atom. The van der Waals surface area contributed by atoms with E-state index in [1.54, 1.807) is 0 Å². The highest BCUT2D eigenvalue weighted by atomic mass is 32.1. The molecule has 5 nitrogen and oxygen atoms in total. The predicted molar refractivity (Wildman–Crippen MR) is 521 cm³/mol. The summed E-state index contributed by atoms with van der Waals surface area (Å²) in [5, 5.41) is 20.4. The summed E-state index contributed by atoms with van der Waals surface area (Å²) in [6, 6.07) is 156. The van der Waals surface area contributed by atoms with E-state index in [4.69, 9.17) is 0 Å². The first-order valence-corrected chi connectivity index (χ1v) is 43.0. The van der Waals surface area contributed by atoms with Gasteiger partial charge in [-0.2, -0.15) is 0 Å². The smallest absolute Gasteiger partial charge is 0.0625 e. The molecule has 0 unspecified atom stereocenters. The molecule has 0 amide bonds. The van der Waals surface area contributed by atoms with Crippen molar-refractivity contribution >= 4 is 174 Å². The number of para-hydroxylation sites is 3. The SMILES string of the molecule is Cc1ccc(N(c2ccc(-c3ccc(-n4c5ccccc5c5c6ccccc6c6ccccc6c54)cc3)cc2)c2ccc3c(c2)-c2ccccc2C3(C)C)cc1.c1ccc(-n2c3ccccc3c3ccc(N(c4ccc(-c5cccc(-n6c7ccc8ccccc8c7c7ccc8ccccc8c76)c5)cc4)c4ccc5c(c4)sc4ccccc45)cc32)cc1. The van der Waals surface area contributed by atoms with Crippen LogP contribution >= 0.6 is 11.3 Å². The molecule has 0 atom stereocenters. The Bertz CT molecular complexity index is 8350. The number of aryl methyl sites for hydroxylation is 1. The van der Waals surface area contributed by atoms with Crippen molar-refractivity contribution in [3.63, 3.8) is 0 Å².